The lowest BCUT2D eigenvalue weighted by Gasteiger charge is -2.05. The van der Waals surface area contributed by atoms with E-state index in [2.05, 4.69) is 12.2 Å². The second-order valence-corrected chi connectivity index (χ2v) is 6.02. The molecule has 4 nitrogen and oxygen atoms in total. The van der Waals surface area contributed by atoms with Gasteiger partial charge >= 0.3 is 5.97 Å². The van der Waals surface area contributed by atoms with E-state index in [4.69, 9.17) is 4.74 Å². The molecule has 0 saturated carbocycles. The maximum Gasteiger partial charge on any atom is 0.325 e. The molecular weight excluding hydrogens is 278 g/mol. The average Bonchev–Trinajstić information content (AvgIpc) is 2.49. The van der Waals surface area contributed by atoms with E-state index in [0.29, 0.717) is 6.61 Å². The molecule has 0 fully saturated rings. The molecule has 0 aromatic carbocycles. The average molecular weight is 313 g/mol. The van der Waals surface area contributed by atoms with Crippen molar-refractivity contribution in [2.24, 2.45) is 0 Å². The third-order valence-corrected chi connectivity index (χ3v) is 3.74. The number of rotatable bonds is 15. The van der Waals surface area contributed by atoms with E-state index < -0.39 is 0 Å². The molecule has 1 N–H and O–H groups in total. The van der Waals surface area contributed by atoms with Crippen LogP contribution in [-0.4, -0.2) is 25.0 Å². The maximum absolute atomic E-state index is 11.2. The van der Waals surface area contributed by atoms with Gasteiger partial charge in [0.05, 0.1) is 6.61 Å². The van der Waals surface area contributed by atoms with Crippen molar-refractivity contribution in [1.29, 1.82) is 0 Å². The number of hydrogen-bond donors (Lipinski definition) is 1. The molecule has 0 bridgehead atoms. The summed E-state index contributed by atoms with van der Waals surface area (Å²) in [5, 5.41) is 2.43. The lowest BCUT2D eigenvalue weighted by molar-refractivity contribution is -0.143. The van der Waals surface area contributed by atoms with Crippen molar-refractivity contribution in [3.05, 3.63) is 0 Å². The molecule has 22 heavy (non-hydrogen) atoms. The van der Waals surface area contributed by atoms with Crippen molar-refractivity contribution in [2.75, 3.05) is 13.2 Å². The Labute approximate surface area is 136 Å². The fourth-order valence-corrected chi connectivity index (χ4v) is 2.38. The van der Waals surface area contributed by atoms with E-state index >= 15 is 0 Å². The van der Waals surface area contributed by atoms with E-state index in [-0.39, 0.29) is 18.4 Å². The molecule has 1 amide bonds. The monoisotopic (exact) mass is 313 g/mol. The Hall–Kier alpha value is -1.06. The summed E-state index contributed by atoms with van der Waals surface area (Å²) in [5.41, 5.74) is 0. The van der Waals surface area contributed by atoms with Crippen molar-refractivity contribution in [3.8, 4) is 0 Å². The van der Waals surface area contributed by atoms with Gasteiger partial charge in [0.15, 0.2) is 0 Å². The van der Waals surface area contributed by atoms with Gasteiger partial charge in [-0.25, -0.2) is 0 Å². The van der Waals surface area contributed by atoms with Crippen LogP contribution in [0.1, 0.15) is 90.9 Å². The standard InChI is InChI=1S/C18H35NO3/c1-3-4-5-6-7-8-9-10-11-12-13-14-15-22-18(21)16-19-17(2)20/h3-16H2,1-2H3,(H,19,20). The first-order valence-corrected chi connectivity index (χ1v) is 9.07. The Morgan fingerprint density at radius 1 is 0.773 bits per heavy atom. The molecule has 0 heterocycles. The SMILES string of the molecule is CCCCCCCCCCCCCCOC(=O)CNC(C)=O. The lowest BCUT2D eigenvalue weighted by atomic mass is 10.1. The summed E-state index contributed by atoms with van der Waals surface area (Å²) in [4.78, 5) is 21.8. The number of carbonyl (C=O) groups excluding carboxylic acids is 2. The van der Waals surface area contributed by atoms with Gasteiger partial charge in [-0.05, 0) is 6.42 Å². The van der Waals surface area contributed by atoms with Crippen LogP contribution in [0, 0.1) is 0 Å². The van der Waals surface area contributed by atoms with Crippen LogP contribution in [0.15, 0.2) is 0 Å². The van der Waals surface area contributed by atoms with Gasteiger partial charge in [0.1, 0.15) is 6.54 Å². The fraction of sp³-hybridized carbons (Fsp3) is 0.889. The number of hydrogen-bond acceptors (Lipinski definition) is 3. The first kappa shape index (κ1) is 20.9. The molecule has 0 aromatic heterocycles. The maximum atomic E-state index is 11.2. The van der Waals surface area contributed by atoms with Gasteiger partial charge in [-0.15, -0.1) is 0 Å². The molecule has 0 aliphatic rings. The molecular formula is C18H35NO3. The number of nitrogens with one attached hydrogen (secondary N) is 1. The first-order chi connectivity index (χ1) is 10.7. The van der Waals surface area contributed by atoms with Crippen LogP contribution in [0.25, 0.3) is 0 Å². The highest BCUT2D eigenvalue weighted by molar-refractivity contribution is 5.80. The summed E-state index contributed by atoms with van der Waals surface area (Å²) in [5.74, 6) is -0.555. The predicted octanol–water partition coefficient (Wildman–Crippen LogP) is 4.37. The molecule has 0 unspecified atom stereocenters. The number of carbonyl (C=O) groups is 2. The van der Waals surface area contributed by atoms with Crippen LogP contribution in [-0.2, 0) is 14.3 Å². The van der Waals surface area contributed by atoms with Crippen LogP contribution in [0.5, 0.6) is 0 Å². The molecule has 130 valence electrons. The second-order valence-electron chi connectivity index (χ2n) is 6.02. The summed E-state index contributed by atoms with van der Waals surface area (Å²) in [6.07, 6.45) is 15.5. The van der Waals surface area contributed by atoms with Gasteiger partial charge < -0.3 is 10.1 Å². The van der Waals surface area contributed by atoms with Crippen molar-refractivity contribution >= 4 is 11.9 Å². The quantitative estimate of drug-likeness (QED) is 0.361. The van der Waals surface area contributed by atoms with Gasteiger partial charge in [-0.1, -0.05) is 77.6 Å². The van der Waals surface area contributed by atoms with Gasteiger partial charge in [-0.2, -0.15) is 0 Å². The molecule has 0 radical (unpaired) electrons. The summed E-state index contributed by atoms with van der Waals surface area (Å²) < 4.78 is 5.03. The topological polar surface area (TPSA) is 55.4 Å². The van der Waals surface area contributed by atoms with Crippen molar-refractivity contribution in [3.63, 3.8) is 0 Å². The lowest BCUT2D eigenvalue weighted by Crippen LogP contribution is -2.28. The smallest absolute Gasteiger partial charge is 0.325 e. The Kier molecular flexibility index (Phi) is 15.5. The normalized spacial score (nSPS) is 10.5. The van der Waals surface area contributed by atoms with Gasteiger partial charge in [0, 0.05) is 6.92 Å². The van der Waals surface area contributed by atoms with Gasteiger partial charge in [0.2, 0.25) is 5.91 Å². The van der Waals surface area contributed by atoms with E-state index in [1.807, 2.05) is 0 Å². The Morgan fingerprint density at radius 3 is 1.68 bits per heavy atom. The fourth-order valence-electron chi connectivity index (χ4n) is 2.38. The van der Waals surface area contributed by atoms with Crippen LogP contribution >= 0.6 is 0 Å². The van der Waals surface area contributed by atoms with Crippen molar-refractivity contribution in [2.45, 2.75) is 90.9 Å². The van der Waals surface area contributed by atoms with E-state index in [0.717, 1.165) is 12.8 Å². The zero-order valence-corrected chi connectivity index (χ0v) is 14.6. The molecule has 0 rings (SSSR count). The highest BCUT2D eigenvalue weighted by Crippen LogP contribution is 2.11. The molecule has 0 spiro atoms. The second kappa shape index (κ2) is 16.3. The predicted molar refractivity (Wildman–Crippen MR) is 90.7 cm³/mol. The first-order valence-electron chi connectivity index (χ1n) is 9.07. The third-order valence-electron chi connectivity index (χ3n) is 3.74. The number of ether oxygens (including phenoxy) is 1. The highest BCUT2D eigenvalue weighted by Gasteiger charge is 2.02. The zero-order valence-electron chi connectivity index (χ0n) is 14.6. The molecule has 0 aromatic rings. The minimum absolute atomic E-state index is 0.0202. The van der Waals surface area contributed by atoms with E-state index in [1.165, 1.54) is 71.1 Å². The summed E-state index contributed by atoms with van der Waals surface area (Å²) in [6, 6.07) is 0. The molecule has 0 saturated heterocycles. The molecule has 0 aliphatic carbocycles. The van der Waals surface area contributed by atoms with Crippen LogP contribution in [0.2, 0.25) is 0 Å². The van der Waals surface area contributed by atoms with Crippen molar-refractivity contribution in [1.82, 2.24) is 5.32 Å². The Morgan fingerprint density at radius 2 is 1.23 bits per heavy atom. The molecule has 0 aliphatic heterocycles. The minimum Gasteiger partial charge on any atom is -0.464 e. The van der Waals surface area contributed by atoms with Crippen LogP contribution in [0.4, 0.5) is 0 Å². The van der Waals surface area contributed by atoms with Gasteiger partial charge in [-0.3, -0.25) is 9.59 Å². The minimum atomic E-state index is -0.349. The van der Waals surface area contributed by atoms with Crippen LogP contribution in [0.3, 0.4) is 0 Å². The number of esters is 1. The van der Waals surface area contributed by atoms with E-state index in [1.54, 1.807) is 0 Å². The summed E-state index contributed by atoms with van der Waals surface area (Å²) in [7, 11) is 0. The summed E-state index contributed by atoms with van der Waals surface area (Å²) in [6.45, 7) is 4.09. The number of unbranched alkanes of at least 4 members (excludes halogenated alkanes) is 11. The highest BCUT2D eigenvalue weighted by atomic mass is 16.5. The third kappa shape index (κ3) is 17.0. The van der Waals surface area contributed by atoms with Crippen molar-refractivity contribution < 1.29 is 14.3 Å². The Bertz CT molecular complexity index is 280. The van der Waals surface area contributed by atoms with Crippen LogP contribution < -0.4 is 5.32 Å². The molecule has 0 atom stereocenters. The number of amides is 1. The zero-order chi connectivity index (χ0) is 16.5. The summed E-state index contributed by atoms with van der Waals surface area (Å²) >= 11 is 0. The van der Waals surface area contributed by atoms with E-state index in [9.17, 15) is 9.59 Å². The largest absolute Gasteiger partial charge is 0.464 e. The Balaban J connectivity index is 3.11. The molecule has 4 heteroatoms. The van der Waals surface area contributed by atoms with Gasteiger partial charge in [0.25, 0.3) is 0 Å².